The van der Waals surface area contributed by atoms with Crippen LogP contribution in [0.4, 0.5) is 5.69 Å². The van der Waals surface area contributed by atoms with Crippen molar-refractivity contribution in [1.29, 1.82) is 0 Å². The van der Waals surface area contributed by atoms with Crippen molar-refractivity contribution in [2.75, 3.05) is 25.0 Å². The van der Waals surface area contributed by atoms with Crippen molar-refractivity contribution >= 4 is 30.0 Å². The number of carbonyl (C=O) groups excluding carboxylic acids is 2. The summed E-state index contributed by atoms with van der Waals surface area (Å²) in [5, 5.41) is 6.08. The largest absolute Gasteiger partial charge is 0.462 e. The fraction of sp³-hybridized carbons (Fsp3) is 0.467. The Morgan fingerprint density at radius 3 is 2.90 bits per heavy atom. The van der Waals surface area contributed by atoms with Gasteiger partial charge in [0.1, 0.15) is 0 Å². The molecule has 2 N–H and O–H groups in total. The number of halogens is 1. The number of rotatable bonds is 4. The molecule has 1 saturated heterocycles. The third-order valence-corrected chi connectivity index (χ3v) is 3.31. The summed E-state index contributed by atoms with van der Waals surface area (Å²) >= 11 is 0. The topological polar surface area (TPSA) is 67.4 Å². The molecular formula is C15H21ClN2O3. The van der Waals surface area contributed by atoms with Crippen molar-refractivity contribution in [2.45, 2.75) is 19.8 Å². The number of piperidine rings is 1. The van der Waals surface area contributed by atoms with Crippen LogP contribution >= 0.6 is 12.4 Å². The van der Waals surface area contributed by atoms with E-state index in [2.05, 4.69) is 10.6 Å². The van der Waals surface area contributed by atoms with Gasteiger partial charge in [0.2, 0.25) is 5.91 Å². The lowest BCUT2D eigenvalue weighted by Gasteiger charge is -2.21. The summed E-state index contributed by atoms with van der Waals surface area (Å²) in [6, 6.07) is 6.83. The van der Waals surface area contributed by atoms with E-state index in [1.54, 1.807) is 31.2 Å². The highest BCUT2D eigenvalue weighted by Gasteiger charge is 2.21. The molecule has 1 atom stereocenters. The lowest BCUT2D eigenvalue weighted by Crippen LogP contribution is -2.37. The summed E-state index contributed by atoms with van der Waals surface area (Å²) < 4.78 is 4.94. The number of carbonyl (C=O) groups is 2. The molecule has 2 rings (SSSR count). The Hall–Kier alpha value is -1.59. The first-order valence-electron chi connectivity index (χ1n) is 6.99. The average Bonchev–Trinajstić information content (AvgIpc) is 2.48. The fourth-order valence-electron chi connectivity index (χ4n) is 2.26. The van der Waals surface area contributed by atoms with Crippen LogP contribution in [0, 0.1) is 5.92 Å². The number of esters is 1. The molecule has 0 aliphatic carbocycles. The van der Waals surface area contributed by atoms with Gasteiger partial charge < -0.3 is 15.4 Å². The van der Waals surface area contributed by atoms with Crippen LogP contribution < -0.4 is 10.6 Å². The third kappa shape index (κ3) is 5.02. The van der Waals surface area contributed by atoms with Gasteiger partial charge in [-0.15, -0.1) is 12.4 Å². The van der Waals surface area contributed by atoms with E-state index in [-0.39, 0.29) is 30.2 Å². The lowest BCUT2D eigenvalue weighted by molar-refractivity contribution is -0.120. The van der Waals surface area contributed by atoms with Gasteiger partial charge in [-0.1, -0.05) is 6.07 Å². The van der Waals surface area contributed by atoms with Crippen molar-refractivity contribution in [3.8, 4) is 0 Å². The predicted octanol–water partition coefficient (Wildman–Crippen LogP) is 2.22. The van der Waals surface area contributed by atoms with E-state index in [9.17, 15) is 9.59 Å². The zero-order valence-electron chi connectivity index (χ0n) is 12.1. The van der Waals surface area contributed by atoms with Crippen molar-refractivity contribution in [3.05, 3.63) is 29.8 Å². The summed E-state index contributed by atoms with van der Waals surface area (Å²) in [7, 11) is 0. The highest BCUT2D eigenvalue weighted by molar-refractivity contribution is 5.95. The molecule has 0 radical (unpaired) electrons. The first-order chi connectivity index (χ1) is 9.70. The second kappa shape index (κ2) is 8.64. The molecule has 6 heteroatoms. The molecule has 116 valence electrons. The number of nitrogens with one attached hydrogen (secondary N) is 2. The van der Waals surface area contributed by atoms with Crippen molar-refractivity contribution < 1.29 is 14.3 Å². The number of amides is 1. The van der Waals surface area contributed by atoms with Crippen LogP contribution in [0.1, 0.15) is 30.1 Å². The third-order valence-electron chi connectivity index (χ3n) is 3.31. The molecule has 1 fully saturated rings. The number of anilines is 1. The molecule has 0 saturated carbocycles. The molecule has 1 amide bonds. The van der Waals surface area contributed by atoms with E-state index in [1.165, 1.54) is 0 Å². The van der Waals surface area contributed by atoms with Crippen LogP contribution in [-0.4, -0.2) is 31.6 Å². The summed E-state index contributed by atoms with van der Waals surface area (Å²) in [5.74, 6) is -0.379. The molecule has 5 nitrogen and oxygen atoms in total. The van der Waals surface area contributed by atoms with Crippen LogP contribution in [0.2, 0.25) is 0 Å². The Morgan fingerprint density at radius 1 is 1.43 bits per heavy atom. The van der Waals surface area contributed by atoms with E-state index >= 15 is 0 Å². The van der Waals surface area contributed by atoms with Crippen LogP contribution in [0.15, 0.2) is 24.3 Å². The second-order valence-electron chi connectivity index (χ2n) is 4.83. The Morgan fingerprint density at radius 2 is 2.24 bits per heavy atom. The molecule has 1 aliphatic rings. The molecule has 0 aromatic heterocycles. The minimum atomic E-state index is -0.372. The number of hydrogen-bond donors (Lipinski definition) is 2. The Bertz CT molecular complexity index is 488. The standard InChI is InChI=1S/C15H20N2O3.ClH/c1-2-20-15(19)11-5-3-7-13(9-11)17-14(18)12-6-4-8-16-10-12;/h3,5,7,9,12,16H,2,4,6,8,10H2,1H3,(H,17,18);1H/t12-;/m1./s1. The first kappa shape index (κ1) is 17.5. The smallest absolute Gasteiger partial charge is 0.338 e. The molecule has 21 heavy (non-hydrogen) atoms. The molecule has 1 aliphatic heterocycles. The van der Waals surface area contributed by atoms with Gasteiger partial charge in [-0.25, -0.2) is 4.79 Å². The summed E-state index contributed by atoms with van der Waals surface area (Å²) in [5.41, 5.74) is 1.08. The van der Waals surface area contributed by atoms with Crippen LogP contribution in [0.25, 0.3) is 0 Å². The van der Waals surface area contributed by atoms with E-state index in [4.69, 9.17) is 4.74 Å². The SMILES string of the molecule is CCOC(=O)c1cccc(NC(=O)[C@@H]2CCCNC2)c1.Cl. The maximum absolute atomic E-state index is 12.1. The van der Waals surface area contributed by atoms with Crippen molar-refractivity contribution in [3.63, 3.8) is 0 Å². The summed E-state index contributed by atoms with van der Waals surface area (Å²) in [6.07, 6.45) is 1.91. The second-order valence-corrected chi connectivity index (χ2v) is 4.83. The monoisotopic (exact) mass is 312 g/mol. The maximum Gasteiger partial charge on any atom is 0.338 e. The molecule has 0 spiro atoms. The van der Waals surface area contributed by atoms with Gasteiger partial charge in [-0.2, -0.15) is 0 Å². The Labute approximate surface area is 130 Å². The zero-order chi connectivity index (χ0) is 14.4. The Balaban J connectivity index is 0.00000220. The average molecular weight is 313 g/mol. The van der Waals surface area contributed by atoms with Gasteiger partial charge in [0, 0.05) is 12.2 Å². The van der Waals surface area contributed by atoms with Crippen molar-refractivity contribution in [2.24, 2.45) is 5.92 Å². The lowest BCUT2D eigenvalue weighted by atomic mass is 9.99. The molecule has 1 heterocycles. The first-order valence-corrected chi connectivity index (χ1v) is 6.99. The number of ether oxygens (including phenoxy) is 1. The predicted molar refractivity (Wildman–Crippen MR) is 83.9 cm³/mol. The molecule has 0 bridgehead atoms. The van der Waals surface area contributed by atoms with Gasteiger partial charge in [0.05, 0.1) is 18.1 Å². The number of benzene rings is 1. The zero-order valence-corrected chi connectivity index (χ0v) is 12.9. The molecule has 0 unspecified atom stereocenters. The van der Waals surface area contributed by atoms with Crippen molar-refractivity contribution in [1.82, 2.24) is 5.32 Å². The van der Waals surface area contributed by atoms with Gasteiger partial charge in [0.15, 0.2) is 0 Å². The van der Waals surface area contributed by atoms with Gasteiger partial charge in [-0.05, 0) is 44.5 Å². The maximum atomic E-state index is 12.1. The highest BCUT2D eigenvalue weighted by atomic mass is 35.5. The summed E-state index contributed by atoms with van der Waals surface area (Å²) in [6.45, 7) is 3.79. The summed E-state index contributed by atoms with van der Waals surface area (Å²) in [4.78, 5) is 23.7. The van der Waals surface area contributed by atoms with E-state index < -0.39 is 0 Å². The van der Waals surface area contributed by atoms with Gasteiger partial charge in [0.25, 0.3) is 0 Å². The van der Waals surface area contributed by atoms with Crippen LogP contribution in [-0.2, 0) is 9.53 Å². The van der Waals surface area contributed by atoms with E-state index in [0.29, 0.717) is 24.4 Å². The van der Waals surface area contributed by atoms with Crippen LogP contribution in [0.3, 0.4) is 0 Å². The fourth-order valence-corrected chi connectivity index (χ4v) is 2.26. The Kier molecular flexibility index (Phi) is 7.19. The highest BCUT2D eigenvalue weighted by Crippen LogP contribution is 2.16. The number of hydrogen-bond acceptors (Lipinski definition) is 4. The van der Waals surface area contributed by atoms with Crippen LogP contribution in [0.5, 0.6) is 0 Å². The quantitative estimate of drug-likeness (QED) is 0.837. The van der Waals surface area contributed by atoms with E-state index in [1.807, 2.05) is 0 Å². The molecular weight excluding hydrogens is 292 g/mol. The van der Waals surface area contributed by atoms with Gasteiger partial charge >= 0.3 is 5.97 Å². The molecule has 1 aromatic rings. The molecule has 1 aromatic carbocycles. The van der Waals surface area contributed by atoms with Gasteiger partial charge in [-0.3, -0.25) is 4.79 Å². The minimum Gasteiger partial charge on any atom is -0.462 e. The minimum absolute atomic E-state index is 0. The normalized spacial score (nSPS) is 17.5. The van der Waals surface area contributed by atoms with E-state index in [0.717, 1.165) is 19.4 Å².